The van der Waals surface area contributed by atoms with Gasteiger partial charge in [0.05, 0.1) is 18.8 Å². The van der Waals surface area contributed by atoms with Gasteiger partial charge < -0.3 is 19.1 Å². The lowest BCUT2D eigenvalue weighted by Gasteiger charge is -2.33. The molecule has 1 aliphatic rings. The molecule has 1 atom stereocenters. The fourth-order valence-corrected chi connectivity index (χ4v) is 2.75. The maximum atomic E-state index is 13.1. The highest BCUT2D eigenvalue weighted by Crippen LogP contribution is 2.35. The fraction of sp³-hybridized carbons (Fsp3) is 0.368. The number of carbonyl (C=O) groups is 1. The van der Waals surface area contributed by atoms with Crippen molar-refractivity contribution in [3.63, 3.8) is 0 Å². The van der Waals surface area contributed by atoms with Gasteiger partial charge in [-0.05, 0) is 37.6 Å². The Morgan fingerprint density at radius 2 is 2.16 bits per heavy atom. The second kappa shape index (κ2) is 7.53. The lowest BCUT2D eigenvalue weighted by Crippen LogP contribution is -2.42. The van der Waals surface area contributed by atoms with E-state index in [-0.39, 0.29) is 12.0 Å². The number of hydrogen-bond donors (Lipinski definition) is 0. The molecule has 0 radical (unpaired) electrons. The van der Waals surface area contributed by atoms with Crippen molar-refractivity contribution < 1.29 is 19.0 Å². The van der Waals surface area contributed by atoms with E-state index in [1.165, 1.54) is 0 Å². The van der Waals surface area contributed by atoms with Crippen molar-refractivity contribution in [3.8, 4) is 11.6 Å². The van der Waals surface area contributed by atoms with Gasteiger partial charge in [-0.1, -0.05) is 6.07 Å². The predicted octanol–water partition coefficient (Wildman–Crippen LogP) is 2.84. The quantitative estimate of drug-likeness (QED) is 0.782. The third-order valence-corrected chi connectivity index (χ3v) is 3.94. The van der Waals surface area contributed by atoms with Gasteiger partial charge in [-0.2, -0.15) is 0 Å². The van der Waals surface area contributed by atoms with E-state index in [0.29, 0.717) is 31.2 Å². The molecule has 1 aliphatic heterocycles. The molecule has 1 aromatic heterocycles. The number of carbonyl (C=O) groups excluding carboxylic acids is 1. The zero-order valence-corrected chi connectivity index (χ0v) is 14.7. The van der Waals surface area contributed by atoms with Crippen molar-refractivity contribution >= 4 is 11.6 Å². The topological polar surface area (TPSA) is 60.9 Å². The van der Waals surface area contributed by atoms with E-state index < -0.39 is 0 Å². The molecule has 1 aromatic carbocycles. The Labute approximate surface area is 147 Å². The summed E-state index contributed by atoms with van der Waals surface area (Å²) in [4.78, 5) is 19.0. The van der Waals surface area contributed by atoms with Crippen LogP contribution < -0.4 is 14.4 Å². The van der Waals surface area contributed by atoms with Gasteiger partial charge in [0.2, 0.25) is 5.88 Å². The maximum absolute atomic E-state index is 13.1. The Morgan fingerprint density at radius 1 is 1.32 bits per heavy atom. The number of aryl methyl sites for hydroxylation is 1. The standard InChI is InChI=1S/C19H22N2O4/c1-13-4-5-17-16(10-13)21(12-14(2)25-17)19(22)15-6-7-20-18(11-15)24-9-8-23-3/h4-7,10-11,14H,8-9,12H2,1-3H3. The SMILES string of the molecule is COCCOc1cc(C(=O)N2CC(C)Oc3ccc(C)cc32)ccn1. The molecule has 0 fully saturated rings. The van der Waals surface area contributed by atoms with Crippen LogP contribution >= 0.6 is 0 Å². The third kappa shape index (κ3) is 3.91. The Morgan fingerprint density at radius 3 is 2.96 bits per heavy atom. The first-order chi connectivity index (χ1) is 12.1. The summed E-state index contributed by atoms with van der Waals surface area (Å²) in [5.74, 6) is 1.04. The van der Waals surface area contributed by atoms with Crippen molar-refractivity contribution in [1.82, 2.24) is 4.98 Å². The molecule has 3 rings (SSSR count). The molecule has 0 bridgehead atoms. The fourth-order valence-electron chi connectivity index (χ4n) is 2.75. The largest absolute Gasteiger partial charge is 0.487 e. The van der Waals surface area contributed by atoms with Crippen molar-refractivity contribution in [2.24, 2.45) is 0 Å². The van der Waals surface area contributed by atoms with Crippen LogP contribution in [-0.2, 0) is 4.74 Å². The number of aromatic nitrogens is 1. The highest BCUT2D eigenvalue weighted by Gasteiger charge is 2.28. The molecule has 1 amide bonds. The monoisotopic (exact) mass is 342 g/mol. The Bertz CT molecular complexity index is 763. The van der Waals surface area contributed by atoms with E-state index in [9.17, 15) is 4.79 Å². The molecule has 0 saturated heterocycles. The molecule has 0 N–H and O–H groups in total. The minimum atomic E-state index is -0.0963. The molecule has 0 spiro atoms. The predicted molar refractivity (Wildman–Crippen MR) is 94.6 cm³/mol. The Balaban J connectivity index is 1.86. The Hall–Kier alpha value is -2.60. The lowest BCUT2D eigenvalue weighted by atomic mass is 10.1. The van der Waals surface area contributed by atoms with Crippen LogP contribution in [0.25, 0.3) is 0 Å². The minimum absolute atomic E-state index is 0.0709. The molecule has 2 heterocycles. The van der Waals surface area contributed by atoms with E-state index in [2.05, 4.69) is 4.98 Å². The van der Waals surface area contributed by atoms with Gasteiger partial charge in [-0.25, -0.2) is 4.98 Å². The average Bonchev–Trinajstić information content (AvgIpc) is 2.61. The van der Waals surface area contributed by atoms with Crippen molar-refractivity contribution in [2.75, 3.05) is 31.8 Å². The molecule has 0 saturated carbocycles. The number of benzene rings is 1. The van der Waals surface area contributed by atoms with Gasteiger partial charge in [0.1, 0.15) is 18.5 Å². The van der Waals surface area contributed by atoms with E-state index >= 15 is 0 Å². The first kappa shape index (κ1) is 17.2. The highest BCUT2D eigenvalue weighted by atomic mass is 16.5. The summed E-state index contributed by atoms with van der Waals surface area (Å²) in [6.07, 6.45) is 1.51. The van der Waals surface area contributed by atoms with E-state index in [1.807, 2.05) is 32.0 Å². The number of fused-ring (bicyclic) bond motifs is 1. The third-order valence-electron chi connectivity index (χ3n) is 3.94. The van der Waals surface area contributed by atoms with Crippen molar-refractivity contribution in [1.29, 1.82) is 0 Å². The number of rotatable bonds is 5. The number of hydrogen-bond acceptors (Lipinski definition) is 5. The van der Waals surface area contributed by atoms with Gasteiger partial charge in [-0.3, -0.25) is 4.79 Å². The number of pyridine rings is 1. The molecular weight excluding hydrogens is 320 g/mol. The lowest BCUT2D eigenvalue weighted by molar-refractivity contribution is 0.0960. The number of ether oxygens (including phenoxy) is 3. The van der Waals surface area contributed by atoms with E-state index in [0.717, 1.165) is 17.0 Å². The van der Waals surface area contributed by atoms with E-state index in [1.54, 1.807) is 30.3 Å². The van der Waals surface area contributed by atoms with Gasteiger partial charge >= 0.3 is 0 Å². The molecule has 25 heavy (non-hydrogen) atoms. The van der Waals surface area contributed by atoms with Gasteiger partial charge in [-0.15, -0.1) is 0 Å². The molecule has 2 aromatic rings. The van der Waals surface area contributed by atoms with Crippen LogP contribution in [0.3, 0.4) is 0 Å². The summed E-state index contributed by atoms with van der Waals surface area (Å²) in [5.41, 5.74) is 2.40. The van der Waals surface area contributed by atoms with Crippen LogP contribution in [0.4, 0.5) is 5.69 Å². The first-order valence-electron chi connectivity index (χ1n) is 8.25. The molecule has 6 heteroatoms. The number of amides is 1. The maximum Gasteiger partial charge on any atom is 0.258 e. The first-order valence-corrected chi connectivity index (χ1v) is 8.25. The normalized spacial score (nSPS) is 16.1. The summed E-state index contributed by atoms with van der Waals surface area (Å²) >= 11 is 0. The van der Waals surface area contributed by atoms with Crippen LogP contribution in [0.15, 0.2) is 36.5 Å². The second-order valence-corrected chi connectivity index (χ2v) is 6.04. The zero-order chi connectivity index (χ0) is 17.8. The molecule has 1 unspecified atom stereocenters. The summed E-state index contributed by atoms with van der Waals surface area (Å²) in [6, 6.07) is 9.21. The molecular formula is C19H22N2O4. The molecule has 6 nitrogen and oxygen atoms in total. The van der Waals surface area contributed by atoms with Crippen LogP contribution in [0.2, 0.25) is 0 Å². The second-order valence-electron chi connectivity index (χ2n) is 6.04. The van der Waals surface area contributed by atoms with E-state index in [4.69, 9.17) is 14.2 Å². The zero-order valence-electron chi connectivity index (χ0n) is 14.7. The Kier molecular flexibility index (Phi) is 5.19. The molecule has 0 aliphatic carbocycles. The highest BCUT2D eigenvalue weighted by molar-refractivity contribution is 6.07. The summed E-state index contributed by atoms with van der Waals surface area (Å²) in [6.45, 7) is 5.30. The van der Waals surface area contributed by atoms with Crippen LogP contribution in [0.1, 0.15) is 22.8 Å². The van der Waals surface area contributed by atoms with Crippen LogP contribution in [0, 0.1) is 6.92 Å². The smallest absolute Gasteiger partial charge is 0.258 e. The van der Waals surface area contributed by atoms with Crippen molar-refractivity contribution in [3.05, 3.63) is 47.7 Å². The average molecular weight is 342 g/mol. The van der Waals surface area contributed by atoms with Crippen LogP contribution in [-0.4, -0.2) is 43.9 Å². The van der Waals surface area contributed by atoms with Gasteiger partial charge in [0.15, 0.2) is 0 Å². The molecule has 132 valence electrons. The number of methoxy groups -OCH3 is 1. The van der Waals surface area contributed by atoms with Crippen molar-refractivity contribution in [2.45, 2.75) is 20.0 Å². The minimum Gasteiger partial charge on any atom is -0.487 e. The van der Waals surface area contributed by atoms with Crippen LogP contribution in [0.5, 0.6) is 11.6 Å². The van der Waals surface area contributed by atoms with Gasteiger partial charge in [0.25, 0.3) is 5.91 Å². The summed E-state index contributed by atoms with van der Waals surface area (Å²) < 4.78 is 16.3. The summed E-state index contributed by atoms with van der Waals surface area (Å²) in [7, 11) is 1.61. The number of nitrogens with zero attached hydrogens (tertiary/aromatic N) is 2. The van der Waals surface area contributed by atoms with Gasteiger partial charge in [0, 0.05) is 24.9 Å². The summed E-state index contributed by atoms with van der Waals surface area (Å²) in [5, 5.41) is 0. The number of anilines is 1.